The molecule has 1 aliphatic carbocycles. The average molecular weight is 579 g/mol. The van der Waals surface area contributed by atoms with Crippen molar-refractivity contribution in [3.8, 4) is 0 Å². The van der Waals surface area contributed by atoms with Crippen LogP contribution in [0.15, 0.2) is 46.4 Å². The van der Waals surface area contributed by atoms with Gasteiger partial charge in [-0.3, -0.25) is 14.4 Å². The number of carbonyl (C=O) groups excluding carboxylic acids is 4. The Kier molecular flexibility index (Phi) is 12.4. The quantitative estimate of drug-likeness (QED) is 0.282. The van der Waals surface area contributed by atoms with Gasteiger partial charge in [0.1, 0.15) is 6.10 Å². The van der Waals surface area contributed by atoms with Crippen LogP contribution in [-0.4, -0.2) is 85.6 Å². The van der Waals surface area contributed by atoms with Gasteiger partial charge in [0.05, 0.1) is 31.1 Å². The van der Waals surface area contributed by atoms with Crippen molar-refractivity contribution in [1.82, 2.24) is 5.32 Å². The van der Waals surface area contributed by atoms with E-state index in [-0.39, 0.29) is 41.4 Å². The Balaban J connectivity index is 2.60. The van der Waals surface area contributed by atoms with Gasteiger partial charge < -0.3 is 40.2 Å². The highest BCUT2D eigenvalue weighted by atomic mass is 16.6. The van der Waals surface area contributed by atoms with Gasteiger partial charge in [-0.05, 0) is 44.6 Å². The number of aliphatic hydroxyl groups excluding tert-OH is 2. The molecule has 1 unspecified atom stereocenters. The minimum Gasteiger partial charge on any atom is -0.492 e. The Hall–Kier alpha value is -3.32. The summed E-state index contributed by atoms with van der Waals surface area (Å²) in [6, 6.07) is 0. The SMILES string of the molecule is COC1=C2C[C@@H](C)C[C@H](OC)[C@H](O)[C@@H](C)/C=C(\C)[C@H](OC(N)=O)[C@@H](OC)C(O)C/C=C(\C)C(=O)NC(=CC1=O)C2=O. The van der Waals surface area contributed by atoms with Gasteiger partial charge in [-0.1, -0.05) is 26.0 Å². The van der Waals surface area contributed by atoms with Crippen molar-refractivity contribution in [1.29, 1.82) is 0 Å². The van der Waals surface area contributed by atoms with Crippen molar-refractivity contribution in [2.45, 2.75) is 77.5 Å². The molecule has 2 rings (SSSR count). The zero-order chi connectivity index (χ0) is 31.0. The summed E-state index contributed by atoms with van der Waals surface area (Å²) in [5.41, 5.74) is 5.86. The van der Waals surface area contributed by atoms with E-state index in [1.54, 1.807) is 19.9 Å². The number of Topliss-reactive ketones (excluding diaryl/α,β-unsaturated/α-hetero) is 1. The van der Waals surface area contributed by atoms with Gasteiger partial charge in [-0.2, -0.15) is 0 Å². The molecule has 0 spiro atoms. The molecule has 0 radical (unpaired) electrons. The Morgan fingerprint density at radius 1 is 1.07 bits per heavy atom. The first-order valence-electron chi connectivity index (χ1n) is 13.4. The van der Waals surface area contributed by atoms with E-state index >= 15 is 0 Å². The number of amides is 2. The molecule has 2 amide bonds. The maximum Gasteiger partial charge on any atom is 0.405 e. The topological polar surface area (TPSA) is 184 Å². The predicted octanol–water partition coefficient (Wildman–Crippen LogP) is 1.60. The number of rotatable bonds is 4. The van der Waals surface area contributed by atoms with Crippen LogP contribution in [0, 0.1) is 11.8 Å². The molecule has 7 atom stereocenters. The van der Waals surface area contributed by atoms with Gasteiger partial charge >= 0.3 is 6.09 Å². The number of ketones is 2. The normalized spacial score (nSPS) is 33.6. The molecule has 1 heterocycles. The lowest BCUT2D eigenvalue weighted by Gasteiger charge is -2.31. The lowest BCUT2D eigenvalue weighted by molar-refractivity contribution is -0.120. The van der Waals surface area contributed by atoms with E-state index in [2.05, 4.69) is 5.32 Å². The van der Waals surface area contributed by atoms with E-state index in [1.807, 2.05) is 6.92 Å². The number of fused-ring (bicyclic) bond motifs is 2. The number of primary amides is 1. The number of nitrogens with two attached hydrogens (primary N) is 1. The second-order valence-electron chi connectivity index (χ2n) is 10.5. The van der Waals surface area contributed by atoms with E-state index in [4.69, 9.17) is 24.7 Å². The summed E-state index contributed by atoms with van der Waals surface area (Å²) < 4.78 is 21.6. The summed E-state index contributed by atoms with van der Waals surface area (Å²) in [6.07, 6.45) is -1.70. The highest BCUT2D eigenvalue weighted by Crippen LogP contribution is 2.29. The van der Waals surface area contributed by atoms with Gasteiger partial charge in [-0.25, -0.2) is 4.79 Å². The summed E-state index contributed by atoms with van der Waals surface area (Å²) >= 11 is 0. The molecule has 0 saturated carbocycles. The van der Waals surface area contributed by atoms with Gasteiger partial charge in [0, 0.05) is 37.4 Å². The molecule has 41 heavy (non-hydrogen) atoms. The van der Waals surface area contributed by atoms with Crippen LogP contribution in [0.1, 0.15) is 47.0 Å². The summed E-state index contributed by atoms with van der Waals surface area (Å²) in [7, 11) is 4.08. The minimum atomic E-state index is -1.25. The Labute approximate surface area is 240 Å². The summed E-state index contributed by atoms with van der Waals surface area (Å²) in [6.45, 7) is 6.74. The van der Waals surface area contributed by atoms with Crippen molar-refractivity contribution in [3.05, 3.63) is 46.4 Å². The Morgan fingerprint density at radius 3 is 2.29 bits per heavy atom. The molecule has 0 aromatic rings. The lowest BCUT2D eigenvalue weighted by Crippen LogP contribution is -2.43. The highest BCUT2D eigenvalue weighted by Gasteiger charge is 2.35. The second-order valence-corrected chi connectivity index (χ2v) is 10.5. The predicted molar refractivity (Wildman–Crippen MR) is 148 cm³/mol. The van der Waals surface area contributed by atoms with Crippen LogP contribution in [0.25, 0.3) is 0 Å². The van der Waals surface area contributed by atoms with Crippen LogP contribution < -0.4 is 11.1 Å². The summed E-state index contributed by atoms with van der Waals surface area (Å²) in [5.74, 6) is -2.63. The molecule has 0 saturated heterocycles. The van der Waals surface area contributed by atoms with Crippen LogP contribution in [0.2, 0.25) is 0 Å². The maximum absolute atomic E-state index is 13.4. The van der Waals surface area contributed by atoms with Crippen molar-refractivity contribution >= 4 is 23.6 Å². The van der Waals surface area contributed by atoms with Gasteiger partial charge in [-0.15, -0.1) is 0 Å². The smallest absolute Gasteiger partial charge is 0.405 e. The monoisotopic (exact) mass is 578 g/mol. The van der Waals surface area contributed by atoms with Crippen LogP contribution in [0.4, 0.5) is 4.79 Å². The van der Waals surface area contributed by atoms with Gasteiger partial charge in [0.25, 0.3) is 5.91 Å². The first-order chi connectivity index (χ1) is 19.2. The van der Waals surface area contributed by atoms with Crippen LogP contribution >= 0.6 is 0 Å². The molecule has 0 aromatic carbocycles. The molecular weight excluding hydrogens is 536 g/mol. The third kappa shape index (κ3) is 8.59. The van der Waals surface area contributed by atoms with Crippen molar-refractivity contribution in [2.24, 2.45) is 17.6 Å². The largest absolute Gasteiger partial charge is 0.492 e. The summed E-state index contributed by atoms with van der Waals surface area (Å²) in [5, 5.41) is 24.6. The lowest BCUT2D eigenvalue weighted by atomic mass is 9.85. The third-order valence-corrected chi connectivity index (χ3v) is 7.35. The van der Waals surface area contributed by atoms with E-state index in [0.29, 0.717) is 12.0 Å². The standard InChI is InChI=1S/C29H42N2O10/c1-14-10-18-24(35)19(13-21(33)26(18)39-6)31-28(36)15(2)8-9-20(32)27(40-7)25(41-29(30)37)17(4)12-16(3)23(34)22(11-14)38-5/h8,12-14,16,20,22-23,25,27,32,34H,9-11H2,1-7H3,(H2,30,37)(H,31,36)/b15-8+,17-12+/t14-,16+,20?,22+,23-,25+,27+/m1/s1. The first kappa shape index (κ1) is 33.9. The average Bonchev–Trinajstić information content (AvgIpc) is 2.91. The van der Waals surface area contributed by atoms with Crippen LogP contribution in [0.3, 0.4) is 0 Å². The Bertz CT molecular complexity index is 1140. The van der Waals surface area contributed by atoms with Crippen LogP contribution in [-0.2, 0) is 33.3 Å². The number of methoxy groups -OCH3 is 3. The zero-order valence-electron chi connectivity index (χ0n) is 24.6. The molecule has 1 aliphatic heterocycles. The number of allylic oxidation sites excluding steroid dienone is 2. The fourth-order valence-electron chi connectivity index (χ4n) is 5.10. The van der Waals surface area contributed by atoms with Crippen molar-refractivity contribution < 1.29 is 48.3 Å². The number of aliphatic hydroxyl groups is 2. The fraction of sp³-hybridized carbons (Fsp3) is 0.586. The molecule has 0 aromatic heterocycles. The van der Waals surface area contributed by atoms with Gasteiger partial charge in [0.2, 0.25) is 11.6 Å². The van der Waals surface area contributed by atoms with Gasteiger partial charge in [0.15, 0.2) is 11.9 Å². The van der Waals surface area contributed by atoms with Crippen LogP contribution in [0.5, 0.6) is 0 Å². The molecule has 0 fully saturated rings. The molecule has 228 valence electrons. The zero-order valence-corrected chi connectivity index (χ0v) is 24.6. The minimum absolute atomic E-state index is 0.0873. The first-order valence-corrected chi connectivity index (χ1v) is 13.4. The van der Waals surface area contributed by atoms with Crippen molar-refractivity contribution in [3.63, 3.8) is 0 Å². The maximum atomic E-state index is 13.4. The van der Waals surface area contributed by atoms with E-state index in [0.717, 1.165) is 6.08 Å². The molecule has 5 N–H and O–H groups in total. The number of carbonyl (C=O) groups is 4. The van der Waals surface area contributed by atoms with E-state index in [9.17, 15) is 29.4 Å². The molecule has 2 bridgehead atoms. The molecule has 12 heteroatoms. The summed E-state index contributed by atoms with van der Waals surface area (Å²) in [4.78, 5) is 50.8. The molecule has 12 nitrogen and oxygen atoms in total. The van der Waals surface area contributed by atoms with Crippen molar-refractivity contribution in [2.75, 3.05) is 21.3 Å². The fourth-order valence-corrected chi connectivity index (χ4v) is 5.10. The molecular formula is C29H42N2O10. The number of hydrogen-bond acceptors (Lipinski definition) is 10. The highest BCUT2D eigenvalue weighted by molar-refractivity contribution is 6.23. The second kappa shape index (κ2) is 15.1. The number of hydrogen-bond donors (Lipinski definition) is 4. The number of ether oxygens (including phenoxy) is 4. The van der Waals surface area contributed by atoms with E-state index in [1.165, 1.54) is 34.3 Å². The Morgan fingerprint density at radius 2 is 1.73 bits per heavy atom. The number of nitrogens with one attached hydrogen (secondary N) is 1. The third-order valence-electron chi connectivity index (χ3n) is 7.35. The molecule has 2 aliphatic rings. The van der Waals surface area contributed by atoms with E-state index < -0.39 is 60.0 Å².